The standard InChI is InChI=1S/C25H27N3O6/c1-4-26(5-2)13-14-27-22(16-7-9-17(10-8-16)28(31)32)21-23(29)19-12-11-18(33-6-3)15-20(19)34-24(21)25(27)30/h7-12,15,22H,4-6,13-14H2,1-3H3. The monoisotopic (exact) mass is 465 g/mol. The van der Waals surface area contributed by atoms with Gasteiger partial charge in [-0.25, -0.2) is 0 Å². The molecule has 34 heavy (non-hydrogen) atoms. The van der Waals surface area contributed by atoms with Gasteiger partial charge in [-0.05, 0) is 49.8 Å². The Labute approximate surface area is 196 Å². The molecule has 1 atom stereocenters. The van der Waals surface area contributed by atoms with E-state index in [1.54, 1.807) is 35.2 Å². The van der Waals surface area contributed by atoms with E-state index in [1.165, 1.54) is 12.1 Å². The summed E-state index contributed by atoms with van der Waals surface area (Å²) in [5.41, 5.74) is 0.819. The molecule has 2 aromatic carbocycles. The number of hydrogen-bond acceptors (Lipinski definition) is 7. The van der Waals surface area contributed by atoms with Crippen LogP contribution in [0.4, 0.5) is 5.69 Å². The van der Waals surface area contributed by atoms with Gasteiger partial charge in [-0.3, -0.25) is 19.7 Å². The van der Waals surface area contributed by atoms with Crippen LogP contribution in [0.1, 0.15) is 48.5 Å². The van der Waals surface area contributed by atoms with Gasteiger partial charge in [0.1, 0.15) is 11.3 Å². The maximum atomic E-state index is 13.6. The van der Waals surface area contributed by atoms with Crippen LogP contribution in [0.3, 0.4) is 0 Å². The third-order valence-electron chi connectivity index (χ3n) is 6.22. The minimum atomic E-state index is -0.689. The van der Waals surface area contributed by atoms with Crippen molar-refractivity contribution in [1.82, 2.24) is 9.80 Å². The Bertz CT molecular complexity index is 1280. The minimum Gasteiger partial charge on any atom is -0.494 e. The van der Waals surface area contributed by atoms with Crippen LogP contribution >= 0.6 is 0 Å². The molecular formula is C25H27N3O6. The normalized spacial score (nSPS) is 15.2. The van der Waals surface area contributed by atoms with Crippen molar-refractivity contribution in [2.45, 2.75) is 26.8 Å². The number of nitro groups is 1. The number of rotatable bonds is 9. The topological polar surface area (TPSA) is 106 Å². The summed E-state index contributed by atoms with van der Waals surface area (Å²) in [6, 6.07) is 10.2. The number of ether oxygens (including phenoxy) is 1. The molecule has 1 amide bonds. The molecule has 178 valence electrons. The summed E-state index contributed by atoms with van der Waals surface area (Å²) < 4.78 is 11.5. The summed E-state index contributed by atoms with van der Waals surface area (Å²) in [4.78, 5) is 41.5. The van der Waals surface area contributed by atoms with Crippen molar-refractivity contribution in [2.24, 2.45) is 0 Å². The second-order valence-electron chi connectivity index (χ2n) is 8.04. The summed E-state index contributed by atoms with van der Waals surface area (Å²) >= 11 is 0. The number of non-ortho nitro benzene ring substituents is 1. The fourth-order valence-electron chi connectivity index (χ4n) is 4.40. The number of likely N-dealkylation sites (N-methyl/N-ethyl adjacent to an activating group) is 1. The fraction of sp³-hybridized carbons (Fsp3) is 0.360. The van der Waals surface area contributed by atoms with Crippen molar-refractivity contribution in [3.05, 3.63) is 79.7 Å². The predicted molar refractivity (Wildman–Crippen MR) is 127 cm³/mol. The van der Waals surface area contributed by atoms with E-state index < -0.39 is 11.0 Å². The molecule has 1 aromatic heterocycles. The van der Waals surface area contributed by atoms with Gasteiger partial charge in [0.2, 0.25) is 5.76 Å². The van der Waals surface area contributed by atoms with Crippen molar-refractivity contribution in [3.8, 4) is 5.75 Å². The molecule has 0 saturated carbocycles. The van der Waals surface area contributed by atoms with Gasteiger partial charge in [0, 0.05) is 31.3 Å². The number of fused-ring (bicyclic) bond motifs is 2. The second kappa shape index (κ2) is 9.64. The van der Waals surface area contributed by atoms with Crippen LogP contribution in [0, 0.1) is 10.1 Å². The number of benzene rings is 2. The number of amides is 1. The molecule has 2 heterocycles. The molecule has 1 aliphatic heterocycles. The molecule has 0 bridgehead atoms. The number of carbonyl (C=O) groups is 1. The zero-order chi connectivity index (χ0) is 24.4. The Morgan fingerprint density at radius 3 is 2.41 bits per heavy atom. The van der Waals surface area contributed by atoms with E-state index in [-0.39, 0.29) is 33.9 Å². The lowest BCUT2D eigenvalue weighted by molar-refractivity contribution is -0.384. The van der Waals surface area contributed by atoms with Crippen LogP contribution in [0.15, 0.2) is 51.7 Å². The number of nitro benzene ring substituents is 1. The average molecular weight is 466 g/mol. The summed E-state index contributed by atoms with van der Waals surface area (Å²) in [5.74, 6) is 0.189. The third kappa shape index (κ3) is 4.14. The van der Waals surface area contributed by atoms with Crippen molar-refractivity contribution in [1.29, 1.82) is 0 Å². The smallest absolute Gasteiger partial charge is 0.290 e. The van der Waals surface area contributed by atoms with E-state index >= 15 is 0 Å². The number of hydrogen-bond donors (Lipinski definition) is 0. The van der Waals surface area contributed by atoms with E-state index in [1.807, 2.05) is 20.8 Å². The van der Waals surface area contributed by atoms with Gasteiger partial charge < -0.3 is 19.0 Å². The van der Waals surface area contributed by atoms with Crippen molar-refractivity contribution < 1.29 is 18.9 Å². The van der Waals surface area contributed by atoms with Crippen molar-refractivity contribution in [3.63, 3.8) is 0 Å². The number of carbonyl (C=O) groups excluding carboxylic acids is 1. The Balaban J connectivity index is 1.85. The Kier molecular flexibility index (Phi) is 6.65. The lowest BCUT2D eigenvalue weighted by Crippen LogP contribution is -2.37. The highest BCUT2D eigenvalue weighted by atomic mass is 16.6. The first-order chi connectivity index (χ1) is 16.4. The molecule has 0 spiro atoms. The maximum Gasteiger partial charge on any atom is 0.290 e. The van der Waals surface area contributed by atoms with Crippen LogP contribution in [0.25, 0.3) is 11.0 Å². The van der Waals surface area contributed by atoms with Gasteiger partial charge in [0.25, 0.3) is 11.6 Å². The molecule has 0 aliphatic carbocycles. The van der Waals surface area contributed by atoms with Crippen LogP contribution in [-0.4, -0.2) is 53.4 Å². The van der Waals surface area contributed by atoms with E-state index in [0.717, 1.165) is 13.1 Å². The van der Waals surface area contributed by atoms with Gasteiger partial charge in [-0.1, -0.05) is 13.8 Å². The largest absolute Gasteiger partial charge is 0.494 e. The van der Waals surface area contributed by atoms with Crippen LogP contribution < -0.4 is 10.2 Å². The first-order valence-electron chi connectivity index (χ1n) is 11.4. The molecule has 0 radical (unpaired) electrons. The lowest BCUT2D eigenvalue weighted by Gasteiger charge is -2.28. The van der Waals surface area contributed by atoms with Gasteiger partial charge >= 0.3 is 0 Å². The molecule has 3 aromatic rings. The molecule has 0 saturated heterocycles. The van der Waals surface area contributed by atoms with E-state index in [4.69, 9.17) is 9.15 Å². The quantitative estimate of drug-likeness (QED) is 0.347. The molecule has 9 nitrogen and oxygen atoms in total. The molecule has 1 aliphatic rings. The number of nitrogens with zero attached hydrogens (tertiary/aromatic N) is 3. The lowest BCUT2D eigenvalue weighted by atomic mass is 9.98. The summed E-state index contributed by atoms with van der Waals surface area (Å²) in [6.07, 6.45) is 0. The van der Waals surface area contributed by atoms with E-state index in [9.17, 15) is 19.7 Å². The Morgan fingerprint density at radius 1 is 1.09 bits per heavy atom. The summed E-state index contributed by atoms with van der Waals surface area (Å²) in [7, 11) is 0. The molecule has 0 N–H and O–H groups in total. The van der Waals surface area contributed by atoms with Crippen LogP contribution in [-0.2, 0) is 0 Å². The highest BCUT2D eigenvalue weighted by Gasteiger charge is 2.42. The maximum absolute atomic E-state index is 13.6. The Morgan fingerprint density at radius 2 is 1.79 bits per heavy atom. The van der Waals surface area contributed by atoms with E-state index in [0.29, 0.717) is 36.4 Å². The van der Waals surface area contributed by atoms with Crippen molar-refractivity contribution >= 4 is 22.6 Å². The zero-order valence-electron chi connectivity index (χ0n) is 19.4. The third-order valence-corrected chi connectivity index (χ3v) is 6.22. The molecule has 1 unspecified atom stereocenters. The predicted octanol–water partition coefficient (Wildman–Crippen LogP) is 3.99. The minimum absolute atomic E-state index is 0.00838. The molecule has 9 heteroatoms. The van der Waals surface area contributed by atoms with Gasteiger partial charge in [-0.15, -0.1) is 0 Å². The van der Waals surface area contributed by atoms with Gasteiger partial charge in [0.05, 0.1) is 28.5 Å². The molecular weight excluding hydrogens is 438 g/mol. The van der Waals surface area contributed by atoms with Crippen LogP contribution in [0.5, 0.6) is 5.75 Å². The highest BCUT2D eigenvalue weighted by Crippen LogP contribution is 2.38. The van der Waals surface area contributed by atoms with Crippen LogP contribution in [0.2, 0.25) is 0 Å². The molecule has 0 fully saturated rings. The van der Waals surface area contributed by atoms with Gasteiger partial charge in [-0.2, -0.15) is 0 Å². The second-order valence-corrected chi connectivity index (χ2v) is 8.04. The summed E-state index contributed by atoms with van der Waals surface area (Å²) in [5, 5.41) is 11.5. The average Bonchev–Trinajstić information content (AvgIpc) is 3.12. The van der Waals surface area contributed by atoms with Crippen molar-refractivity contribution in [2.75, 3.05) is 32.8 Å². The SMILES string of the molecule is CCOc1ccc2c(=O)c3c(oc2c1)C(=O)N(CCN(CC)CC)C3c1ccc([N+](=O)[O-])cc1. The van der Waals surface area contributed by atoms with Gasteiger partial charge in [0.15, 0.2) is 5.43 Å². The zero-order valence-corrected chi connectivity index (χ0v) is 19.4. The first-order valence-corrected chi connectivity index (χ1v) is 11.4. The summed E-state index contributed by atoms with van der Waals surface area (Å²) in [6.45, 7) is 9.07. The highest BCUT2D eigenvalue weighted by molar-refractivity contribution is 5.99. The first kappa shape index (κ1) is 23.4. The molecule has 4 rings (SSSR count). The fourth-order valence-corrected chi connectivity index (χ4v) is 4.40. The van der Waals surface area contributed by atoms with E-state index in [2.05, 4.69) is 4.90 Å². The Hall–Kier alpha value is -3.72.